The first kappa shape index (κ1) is 34.0. The monoisotopic (exact) mass is 586 g/mol. The average Bonchev–Trinajstić information content (AvgIpc) is 2.90. The van der Waals surface area contributed by atoms with E-state index in [0.29, 0.717) is 12.8 Å². The summed E-state index contributed by atoms with van der Waals surface area (Å²) in [7, 11) is 0. The molecule has 0 radical (unpaired) electrons. The van der Waals surface area contributed by atoms with E-state index >= 15 is 4.79 Å². The van der Waals surface area contributed by atoms with Crippen LogP contribution >= 0.6 is 0 Å². The van der Waals surface area contributed by atoms with E-state index in [1.165, 1.54) is 12.1 Å². The molecule has 5 nitrogen and oxygen atoms in total. The zero-order valence-electron chi connectivity index (χ0n) is 27.4. The summed E-state index contributed by atoms with van der Waals surface area (Å²) in [5.74, 6) is -2.47. The van der Waals surface area contributed by atoms with Gasteiger partial charge in [-0.1, -0.05) is 67.0 Å². The SMILES string of the molecule is C=C(C)CC[C@@H](C[C@]12C[C@H](CC=C(C)C)C(C)(C)[C@](CC=C(C)C)(C(=O)/C(=C(/O)c3cccc(O)c3)C1=O)C2=O)C(=C)C. The second kappa shape index (κ2) is 12.6. The molecule has 2 aliphatic rings. The fourth-order valence-electron chi connectivity index (χ4n) is 7.17. The number of benzene rings is 1. The molecule has 0 aromatic heterocycles. The number of aliphatic hydroxyl groups excluding tert-OH is 1. The fourth-order valence-corrected chi connectivity index (χ4v) is 7.17. The number of ketones is 3. The molecule has 0 heterocycles. The van der Waals surface area contributed by atoms with Crippen LogP contribution < -0.4 is 0 Å². The predicted molar refractivity (Wildman–Crippen MR) is 174 cm³/mol. The van der Waals surface area contributed by atoms with Gasteiger partial charge in [-0.2, -0.15) is 0 Å². The summed E-state index contributed by atoms with van der Waals surface area (Å²) in [4.78, 5) is 44.9. The topological polar surface area (TPSA) is 91.7 Å². The minimum absolute atomic E-state index is 0.102. The molecule has 5 heteroatoms. The van der Waals surface area contributed by atoms with Crippen molar-refractivity contribution in [1.82, 2.24) is 0 Å². The van der Waals surface area contributed by atoms with E-state index < -0.39 is 33.6 Å². The van der Waals surface area contributed by atoms with Crippen LogP contribution in [0.2, 0.25) is 0 Å². The first-order chi connectivity index (χ1) is 19.9. The van der Waals surface area contributed by atoms with Gasteiger partial charge in [0.05, 0.1) is 5.41 Å². The van der Waals surface area contributed by atoms with E-state index in [0.717, 1.165) is 28.7 Å². The second-order valence-corrected chi connectivity index (χ2v) is 14.1. The molecular formula is C38H50O5. The Morgan fingerprint density at radius 2 is 1.63 bits per heavy atom. The predicted octanol–water partition coefficient (Wildman–Crippen LogP) is 9.05. The number of fused-ring (bicyclic) bond motifs is 2. The van der Waals surface area contributed by atoms with E-state index in [-0.39, 0.29) is 53.8 Å². The molecule has 2 fully saturated rings. The van der Waals surface area contributed by atoms with E-state index in [9.17, 15) is 19.8 Å². The van der Waals surface area contributed by atoms with Crippen LogP contribution in [0.3, 0.4) is 0 Å². The summed E-state index contributed by atoms with van der Waals surface area (Å²) in [5.41, 5.74) is -0.110. The molecule has 1 aromatic carbocycles. The highest BCUT2D eigenvalue weighted by atomic mass is 16.3. The van der Waals surface area contributed by atoms with Gasteiger partial charge in [0.1, 0.15) is 22.5 Å². The zero-order valence-corrected chi connectivity index (χ0v) is 27.4. The highest BCUT2D eigenvalue weighted by molar-refractivity contribution is 6.41. The lowest BCUT2D eigenvalue weighted by Crippen LogP contribution is -2.69. The number of rotatable bonds is 11. The Bertz CT molecular complexity index is 1430. The molecule has 4 atom stereocenters. The molecule has 2 aliphatic carbocycles. The number of Topliss-reactive ketones (excluding diaryl/α,β-unsaturated/α-hetero) is 3. The quantitative estimate of drug-likeness (QED) is 0.0887. The van der Waals surface area contributed by atoms with Crippen LogP contribution in [0.5, 0.6) is 5.75 Å². The average molecular weight is 587 g/mol. The van der Waals surface area contributed by atoms with E-state index in [1.807, 2.05) is 61.5 Å². The number of carbonyl (C=O) groups is 3. The molecular weight excluding hydrogens is 536 g/mol. The van der Waals surface area contributed by atoms with Crippen molar-refractivity contribution in [3.63, 3.8) is 0 Å². The molecule has 2 saturated carbocycles. The molecule has 2 bridgehead atoms. The van der Waals surface area contributed by atoms with Crippen LogP contribution in [0.4, 0.5) is 0 Å². The van der Waals surface area contributed by atoms with Crippen molar-refractivity contribution < 1.29 is 24.6 Å². The zero-order chi connectivity index (χ0) is 32.5. The van der Waals surface area contributed by atoms with Gasteiger partial charge in [-0.15, -0.1) is 6.58 Å². The maximum Gasteiger partial charge on any atom is 0.184 e. The molecule has 0 spiro atoms. The van der Waals surface area contributed by atoms with E-state index in [2.05, 4.69) is 19.2 Å². The molecule has 43 heavy (non-hydrogen) atoms. The number of aromatic hydroxyl groups is 1. The van der Waals surface area contributed by atoms with Crippen molar-refractivity contribution >= 4 is 23.1 Å². The van der Waals surface area contributed by atoms with Gasteiger partial charge in [-0.3, -0.25) is 14.4 Å². The number of phenolic OH excluding ortho intramolecular Hbond substituents is 1. The summed E-state index contributed by atoms with van der Waals surface area (Å²) in [5, 5.41) is 21.8. The van der Waals surface area contributed by atoms with Crippen molar-refractivity contribution in [3.05, 3.63) is 83.0 Å². The Balaban J connectivity index is 2.44. The first-order valence-corrected chi connectivity index (χ1v) is 15.4. The normalized spacial score (nSPS) is 26.4. The molecule has 0 aliphatic heterocycles. The second-order valence-electron chi connectivity index (χ2n) is 14.1. The lowest BCUT2D eigenvalue weighted by molar-refractivity contribution is -0.177. The van der Waals surface area contributed by atoms with Crippen LogP contribution in [0.1, 0.15) is 99.5 Å². The Labute approximate surface area is 258 Å². The van der Waals surface area contributed by atoms with Crippen LogP contribution in [0.25, 0.3) is 5.76 Å². The Hall–Kier alpha value is -3.47. The van der Waals surface area contributed by atoms with Crippen molar-refractivity contribution in [2.45, 2.75) is 93.9 Å². The van der Waals surface area contributed by atoms with Crippen LogP contribution in [0.15, 0.2) is 77.4 Å². The standard InChI is InChI=1S/C38H50O5/c1-23(2)14-16-28(26(7)8)21-37-22-29(17-15-24(3)4)36(9,10)38(35(37)43,19-18-25(5)6)34(42)31(33(37)41)32(40)27-12-11-13-30(39)20-27/h11-13,15,18,20,28-29,39-40H,1,7,14,16-17,19,21-22H2,2-6,8-10H3/b32-31+/t28-,29-,37-,38+/m0/s1. The molecule has 0 amide bonds. The van der Waals surface area contributed by atoms with Crippen molar-refractivity contribution in [2.24, 2.45) is 28.1 Å². The number of hydrogen-bond acceptors (Lipinski definition) is 5. The molecule has 1 aromatic rings. The largest absolute Gasteiger partial charge is 0.508 e. The Morgan fingerprint density at radius 3 is 2.16 bits per heavy atom. The maximum atomic E-state index is 15.2. The molecule has 2 N–H and O–H groups in total. The van der Waals surface area contributed by atoms with Gasteiger partial charge in [-0.25, -0.2) is 0 Å². The van der Waals surface area contributed by atoms with Crippen molar-refractivity contribution in [2.75, 3.05) is 0 Å². The number of aliphatic hydroxyl groups is 1. The van der Waals surface area contributed by atoms with E-state index in [1.54, 1.807) is 12.1 Å². The van der Waals surface area contributed by atoms with Gasteiger partial charge >= 0.3 is 0 Å². The number of phenols is 1. The van der Waals surface area contributed by atoms with Gasteiger partial charge in [0, 0.05) is 5.56 Å². The number of carbonyl (C=O) groups excluding carboxylic acids is 3. The fraction of sp³-hybridized carbons (Fsp3) is 0.500. The van der Waals surface area contributed by atoms with Crippen LogP contribution in [0, 0.1) is 28.1 Å². The lowest BCUT2D eigenvalue weighted by Gasteiger charge is -2.60. The van der Waals surface area contributed by atoms with Gasteiger partial charge in [-0.05, 0) is 109 Å². The summed E-state index contributed by atoms with van der Waals surface area (Å²) in [6, 6.07) is 5.89. The summed E-state index contributed by atoms with van der Waals surface area (Å²) < 4.78 is 0. The number of allylic oxidation sites excluding steroid dienone is 7. The van der Waals surface area contributed by atoms with E-state index in [4.69, 9.17) is 0 Å². The van der Waals surface area contributed by atoms with Crippen LogP contribution in [-0.4, -0.2) is 27.6 Å². The lowest BCUT2D eigenvalue weighted by atomic mass is 9.38. The minimum Gasteiger partial charge on any atom is -0.508 e. The minimum atomic E-state index is -1.56. The van der Waals surface area contributed by atoms with Gasteiger partial charge in [0.2, 0.25) is 0 Å². The summed E-state index contributed by atoms with van der Waals surface area (Å²) in [6.45, 7) is 24.0. The third-order valence-electron chi connectivity index (χ3n) is 10.0. The van der Waals surface area contributed by atoms with Crippen molar-refractivity contribution in [3.8, 4) is 5.75 Å². The van der Waals surface area contributed by atoms with Crippen molar-refractivity contribution in [1.29, 1.82) is 0 Å². The first-order valence-electron chi connectivity index (χ1n) is 15.4. The Morgan fingerprint density at radius 1 is 1.00 bits per heavy atom. The van der Waals surface area contributed by atoms with Crippen LogP contribution in [-0.2, 0) is 14.4 Å². The number of hydrogen-bond donors (Lipinski definition) is 2. The maximum absolute atomic E-state index is 15.2. The third-order valence-corrected chi connectivity index (χ3v) is 10.0. The molecule has 3 rings (SSSR count). The summed E-state index contributed by atoms with van der Waals surface area (Å²) >= 11 is 0. The third kappa shape index (κ3) is 6.14. The van der Waals surface area contributed by atoms with Gasteiger partial charge < -0.3 is 10.2 Å². The highest BCUT2D eigenvalue weighted by Crippen LogP contribution is 2.66. The van der Waals surface area contributed by atoms with Gasteiger partial charge in [0.25, 0.3) is 0 Å². The molecule has 0 unspecified atom stereocenters. The summed E-state index contributed by atoms with van der Waals surface area (Å²) in [6.07, 6.45) is 6.72. The smallest absolute Gasteiger partial charge is 0.184 e. The molecule has 232 valence electrons. The molecule has 0 saturated heterocycles. The highest BCUT2D eigenvalue weighted by Gasteiger charge is 2.74. The van der Waals surface area contributed by atoms with Gasteiger partial charge in [0.15, 0.2) is 17.3 Å². The Kier molecular flexibility index (Phi) is 10.0.